The fourth-order valence-corrected chi connectivity index (χ4v) is 4.25. The Hall–Kier alpha value is -2.87. The van der Waals surface area contributed by atoms with Crippen molar-refractivity contribution in [1.82, 2.24) is 19.6 Å². The molecule has 0 radical (unpaired) electrons. The van der Waals surface area contributed by atoms with Gasteiger partial charge in [-0.2, -0.15) is 5.10 Å². The van der Waals surface area contributed by atoms with Crippen molar-refractivity contribution >= 4 is 35.1 Å². The lowest BCUT2D eigenvalue weighted by molar-refractivity contribution is -0.148. The third kappa shape index (κ3) is 4.65. The number of carbonyl (C=O) groups excluding carboxylic acids is 2. The molecule has 0 bridgehead atoms. The Morgan fingerprint density at radius 3 is 2.44 bits per heavy atom. The highest BCUT2D eigenvalue weighted by atomic mass is 35.5. The molecule has 9 heteroatoms. The Bertz CT molecular complexity index is 1130. The molecule has 2 heterocycles. The van der Waals surface area contributed by atoms with Crippen molar-refractivity contribution < 1.29 is 14.3 Å². The molecular weight excluding hydrogens is 451 g/mol. The Labute approximate surface area is 196 Å². The number of esters is 1. The van der Waals surface area contributed by atoms with E-state index < -0.39 is 6.04 Å². The number of piperazine rings is 1. The van der Waals surface area contributed by atoms with Crippen molar-refractivity contribution in [2.75, 3.05) is 33.3 Å². The quantitative estimate of drug-likeness (QED) is 0.527. The van der Waals surface area contributed by atoms with Gasteiger partial charge >= 0.3 is 5.97 Å². The normalized spacial score (nSPS) is 15.4. The summed E-state index contributed by atoms with van der Waals surface area (Å²) in [4.78, 5) is 29.3. The van der Waals surface area contributed by atoms with Crippen LogP contribution < -0.4 is 0 Å². The van der Waals surface area contributed by atoms with Crippen molar-refractivity contribution in [2.24, 2.45) is 0 Å². The Morgan fingerprint density at radius 2 is 1.75 bits per heavy atom. The molecule has 3 aromatic rings. The average Bonchev–Trinajstić information content (AvgIpc) is 3.31. The van der Waals surface area contributed by atoms with E-state index in [9.17, 15) is 9.59 Å². The number of halogens is 2. The van der Waals surface area contributed by atoms with E-state index >= 15 is 0 Å². The first kappa shape index (κ1) is 22.3. The molecule has 1 amide bonds. The van der Waals surface area contributed by atoms with Crippen LogP contribution in [0.1, 0.15) is 22.1 Å². The molecule has 1 aromatic heterocycles. The van der Waals surface area contributed by atoms with E-state index in [1.807, 2.05) is 35.2 Å². The Kier molecular flexibility index (Phi) is 6.79. The lowest BCUT2D eigenvalue weighted by atomic mass is 10.0. The van der Waals surface area contributed by atoms with Gasteiger partial charge in [-0.15, -0.1) is 0 Å². The largest absolute Gasteiger partial charge is 0.468 e. The first-order valence-corrected chi connectivity index (χ1v) is 10.9. The van der Waals surface area contributed by atoms with Crippen molar-refractivity contribution in [3.63, 3.8) is 0 Å². The van der Waals surface area contributed by atoms with Gasteiger partial charge in [0.05, 0.1) is 12.8 Å². The van der Waals surface area contributed by atoms with Gasteiger partial charge in [-0.05, 0) is 35.9 Å². The summed E-state index contributed by atoms with van der Waals surface area (Å²) >= 11 is 12.4. The number of amides is 1. The maximum absolute atomic E-state index is 13.0. The number of aromatic nitrogens is 2. The van der Waals surface area contributed by atoms with Crippen LogP contribution in [0, 0.1) is 0 Å². The fraction of sp³-hybridized carbons (Fsp3) is 0.261. The van der Waals surface area contributed by atoms with Gasteiger partial charge in [0, 0.05) is 42.4 Å². The van der Waals surface area contributed by atoms with Crippen LogP contribution in [0.25, 0.3) is 5.69 Å². The van der Waals surface area contributed by atoms with Gasteiger partial charge < -0.3 is 9.64 Å². The number of hydrogen-bond donors (Lipinski definition) is 0. The fourth-order valence-electron chi connectivity index (χ4n) is 3.83. The zero-order valence-corrected chi connectivity index (χ0v) is 19.0. The summed E-state index contributed by atoms with van der Waals surface area (Å²) < 4.78 is 6.65. The Balaban J connectivity index is 1.45. The smallest absolute Gasteiger partial charge is 0.327 e. The molecule has 2 aromatic carbocycles. The molecule has 32 heavy (non-hydrogen) atoms. The molecule has 1 saturated heterocycles. The van der Waals surface area contributed by atoms with Gasteiger partial charge in [-0.1, -0.05) is 47.5 Å². The van der Waals surface area contributed by atoms with Gasteiger partial charge in [0.25, 0.3) is 5.91 Å². The van der Waals surface area contributed by atoms with Crippen molar-refractivity contribution in [3.05, 3.63) is 82.1 Å². The second-order valence-corrected chi connectivity index (χ2v) is 8.24. The van der Waals surface area contributed by atoms with Crippen molar-refractivity contribution in [2.45, 2.75) is 6.04 Å². The van der Waals surface area contributed by atoms with Crippen molar-refractivity contribution in [3.8, 4) is 5.69 Å². The molecule has 1 atom stereocenters. The third-order valence-corrected chi connectivity index (χ3v) is 6.05. The molecule has 4 rings (SSSR count). The number of rotatable bonds is 5. The molecule has 166 valence electrons. The average molecular weight is 473 g/mol. The van der Waals surface area contributed by atoms with Crippen LogP contribution in [-0.4, -0.2) is 64.7 Å². The standard InChI is InChI=1S/C23H22Cl2N4O3/c1-32-23(31)21(18-7-2-3-8-19(18)25)27-11-13-28(14-12-27)22(30)20-9-10-29(26-20)17-6-4-5-16(24)15-17/h2-10,15,21H,11-14H2,1H3. The van der Waals surface area contributed by atoms with E-state index in [4.69, 9.17) is 27.9 Å². The molecule has 0 aliphatic carbocycles. The van der Waals surface area contributed by atoms with E-state index in [1.165, 1.54) is 7.11 Å². The molecule has 0 spiro atoms. The summed E-state index contributed by atoms with van der Waals surface area (Å²) in [5.74, 6) is -0.532. The van der Waals surface area contributed by atoms with Gasteiger partial charge in [-0.25, -0.2) is 9.48 Å². The SMILES string of the molecule is COC(=O)C(c1ccccc1Cl)N1CCN(C(=O)c2ccn(-c3cccc(Cl)c3)n2)CC1. The highest BCUT2D eigenvalue weighted by Gasteiger charge is 2.34. The number of nitrogens with zero attached hydrogens (tertiary/aromatic N) is 4. The topological polar surface area (TPSA) is 67.7 Å². The summed E-state index contributed by atoms with van der Waals surface area (Å²) in [5.41, 5.74) is 1.83. The minimum atomic E-state index is -0.618. The van der Waals surface area contributed by atoms with E-state index in [2.05, 4.69) is 5.10 Å². The van der Waals surface area contributed by atoms with E-state index in [0.29, 0.717) is 47.5 Å². The highest BCUT2D eigenvalue weighted by molar-refractivity contribution is 6.31. The monoisotopic (exact) mass is 472 g/mol. The lowest BCUT2D eigenvalue weighted by Crippen LogP contribution is -2.51. The molecule has 0 saturated carbocycles. The van der Waals surface area contributed by atoms with Crippen LogP contribution in [-0.2, 0) is 9.53 Å². The molecule has 1 unspecified atom stereocenters. The summed E-state index contributed by atoms with van der Waals surface area (Å²) in [5, 5.41) is 5.52. The molecular formula is C23H22Cl2N4O3. The Morgan fingerprint density at radius 1 is 1.00 bits per heavy atom. The van der Waals surface area contributed by atoms with Crippen molar-refractivity contribution in [1.29, 1.82) is 0 Å². The van der Waals surface area contributed by atoms with Gasteiger partial charge in [0.2, 0.25) is 0 Å². The molecule has 1 aliphatic heterocycles. The van der Waals surface area contributed by atoms with Crippen LogP contribution in [0.4, 0.5) is 0 Å². The first-order chi connectivity index (χ1) is 15.5. The minimum Gasteiger partial charge on any atom is -0.468 e. The maximum Gasteiger partial charge on any atom is 0.327 e. The number of benzene rings is 2. The maximum atomic E-state index is 13.0. The predicted molar refractivity (Wildman–Crippen MR) is 122 cm³/mol. The first-order valence-electron chi connectivity index (χ1n) is 10.1. The zero-order valence-electron chi connectivity index (χ0n) is 17.4. The van der Waals surface area contributed by atoms with Crippen LogP contribution in [0.5, 0.6) is 0 Å². The van der Waals surface area contributed by atoms with E-state index in [1.54, 1.807) is 40.0 Å². The van der Waals surface area contributed by atoms with Crippen LogP contribution in [0.15, 0.2) is 60.8 Å². The summed E-state index contributed by atoms with van der Waals surface area (Å²) in [6.07, 6.45) is 1.74. The number of ether oxygens (including phenoxy) is 1. The van der Waals surface area contributed by atoms with Gasteiger partial charge in [-0.3, -0.25) is 9.69 Å². The lowest BCUT2D eigenvalue weighted by Gasteiger charge is -2.38. The van der Waals surface area contributed by atoms with E-state index in [-0.39, 0.29) is 11.9 Å². The zero-order chi connectivity index (χ0) is 22.7. The molecule has 1 aliphatic rings. The van der Waals surface area contributed by atoms with Crippen LogP contribution in [0.2, 0.25) is 10.0 Å². The van der Waals surface area contributed by atoms with E-state index in [0.717, 1.165) is 5.69 Å². The predicted octanol–water partition coefficient (Wildman–Crippen LogP) is 3.85. The van der Waals surface area contributed by atoms with Gasteiger partial charge in [0.1, 0.15) is 6.04 Å². The number of methoxy groups -OCH3 is 1. The van der Waals surface area contributed by atoms with Crippen LogP contribution >= 0.6 is 23.2 Å². The summed E-state index contributed by atoms with van der Waals surface area (Å²) in [6, 6.07) is 15.6. The number of carbonyl (C=O) groups is 2. The minimum absolute atomic E-state index is 0.155. The third-order valence-electron chi connectivity index (χ3n) is 5.47. The van der Waals surface area contributed by atoms with Gasteiger partial charge in [0.15, 0.2) is 5.69 Å². The van der Waals surface area contributed by atoms with Crippen LogP contribution in [0.3, 0.4) is 0 Å². The molecule has 7 nitrogen and oxygen atoms in total. The summed E-state index contributed by atoms with van der Waals surface area (Å²) in [6.45, 7) is 1.93. The molecule has 1 fully saturated rings. The molecule has 0 N–H and O–H groups in total. The highest BCUT2D eigenvalue weighted by Crippen LogP contribution is 2.29. The number of hydrogen-bond acceptors (Lipinski definition) is 5. The summed E-state index contributed by atoms with van der Waals surface area (Å²) in [7, 11) is 1.36. The second-order valence-electron chi connectivity index (χ2n) is 7.40. The second kappa shape index (κ2) is 9.73.